The number of thiocarbonyl (C=S) groups is 1. The number of carbonyl (C=O) groups is 1. The fraction of sp³-hybridized carbons (Fsp3) is 0.200. The lowest BCUT2D eigenvalue weighted by Crippen LogP contribution is -2.27. The van der Waals surface area contributed by atoms with Crippen molar-refractivity contribution in [3.63, 3.8) is 0 Å². The van der Waals surface area contributed by atoms with Crippen molar-refractivity contribution in [2.75, 3.05) is 13.7 Å². The van der Waals surface area contributed by atoms with Crippen molar-refractivity contribution >= 4 is 46.0 Å². The Morgan fingerprint density at radius 3 is 2.55 bits per heavy atom. The topological polar surface area (TPSA) is 81.9 Å². The van der Waals surface area contributed by atoms with Crippen molar-refractivity contribution in [1.29, 1.82) is 0 Å². The highest BCUT2D eigenvalue weighted by Crippen LogP contribution is 2.33. The lowest BCUT2D eigenvalue weighted by atomic mass is 10.1. The SMILES string of the molecule is CCN1C(=O)/C(=C\c2ccc(OC)c(COc3ccc([N+](=O)[O-])cc3)c2)SC1=S. The minimum Gasteiger partial charge on any atom is -0.496 e. The van der Waals surface area contributed by atoms with E-state index < -0.39 is 4.92 Å². The molecule has 0 aromatic heterocycles. The number of nitrogens with zero attached hydrogens (tertiary/aromatic N) is 2. The van der Waals surface area contributed by atoms with E-state index in [1.54, 1.807) is 36.3 Å². The molecule has 1 fully saturated rings. The first-order valence-corrected chi connectivity index (χ1v) is 9.95. The molecule has 0 unspecified atom stereocenters. The van der Waals surface area contributed by atoms with E-state index in [1.165, 1.54) is 23.9 Å². The highest BCUT2D eigenvalue weighted by molar-refractivity contribution is 8.26. The van der Waals surface area contributed by atoms with Gasteiger partial charge in [-0.15, -0.1) is 0 Å². The van der Waals surface area contributed by atoms with E-state index in [0.717, 1.165) is 11.1 Å². The number of carbonyl (C=O) groups excluding carboxylic acids is 1. The summed E-state index contributed by atoms with van der Waals surface area (Å²) in [5.41, 5.74) is 1.61. The largest absolute Gasteiger partial charge is 0.496 e. The average Bonchev–Trinajstić information content (AvgIpc) is 2.99. The molecule has 1 amide bonds. The van der Waals surface area contributed by atoms with Crippen LogP contribution in [0.15, 0.2) is 47.4 Å². The molecule has 1 aliphatic heterocycles. The van der Waals surface area contributed by atoms with Crippen molar-refractivity contribution in [2.24, 2.45) is 0 Å². The first-order chi connectivity index (χ1) is 13.9. The van der Waals surface area contributed by atoms with Crippen molar-refractivity contribution in [3.05, 3.63) is 68.6 Å². The summed E-state index contributed by atoms with van der Waals surface area (Å²) < 4.78 is 11.7. The molecule has 9 heteroatoms. The van der Waals surface area contributed by atoms with Gasteiger partial charge < -0.3 is 9.47 Å². The van der Waals surface area contributed by atoms with Crippen molar-refractivity contribution in [2.45, 2.75) is 13.5 Å². The van der Waals surface area contributed by atoms with E-state index in [9.17, 15) is 14.9 Å². The summed E-state index contributed by atoms with van der Waals surface area (Å²) in [5.74, 6) is 1.05. The molecule has 29 heavy (non-hydrogen) atoms. The number of hydrogen-bond donors (Lipinski definition) is 0. The van der Waals surface area contributed by atoms with Crippen LogP contribution >= 0.6 is 24.0 Å². The molecule has 1 heterocycles. The van der Waals surface area contributed by atoms with E-state index >= 15 is 0 Å². The number of hydrogen-bond acceptors (Lipinski definition) is 7. The van der Waals surface area contributed by atoms with Crippen LogP contribution in [-0.4, -0.2) is 33.7 Å². The highest BCUT2D eigenvalue weighted by atomic mass is 32.2. The van der Waals surface area contributed by atoms with E-state index in [-0.39, 0.29) is 18.2 Å². The summed E-state index contributed by atoms with van der Waals surface area (Å²) in [5, 5.41) is 10.7. The standard InChI is InChI=1S/C20H18N2O5S2/c1-3-21-19(23)18(29-20(21)28)11-13-4-9-17(26-2)14(10-13)12-27-16-7-5-15(6-8-16)22(24)25/h4-11H,3,12H2,1-2H3/b18-11+. The number of ether oxygens (including phenoxy) is 2. The maximum absolute atomic E-state index is 12.4. The van der Waals surface area contributed by atoms with Gasteiger partial charge in [-0.25, -0.2) is 0 Å². The molecule has 0 N–H and O–H groups in total. The molecule has 0 atom stereocenters. The van der Waals surface area contributed by atoms with Crippen LogP contribution in [0.3, 0.4) is 0 Å². The number of amides is 1. The number of nitro groups is 1. The third-order valence-electron chi connectivity index (χ3n) is 4.23. The van der Waals surface area contributed by atoms with Crippen molar-refractivity contribution in [1.82, 2.24) is 4.90 Å². The minimum atomic E-state index is -0.461. The molecule has 2 aromatic carbocycles. The Morgan fingerprint density at radius 1 is 1.24 bits per heavy atom. The van der Waals surface area contributed by atoms with E-state index in [0.29, 0.717) is 27.3 Å². The van der Waals surface area contributed by atoms with Crippen LogP contribution in [0.2, 0.25) is 0 Å². The van der Waals surface area contributed by atoms with Crippen molar-refractivity contribution in [3.8, 4) is 11.5 Å². The molecule has 3 rings (SSSR count). The number of non-ortho nitro benzene ring substituents is 1. The molecular formula is C20H18N2O5S2. The molecule has 2 aromatic rings. The van der Waals surface area contributed by atoms with Gasteiger partial charge in [0.2, 0.25) is 0 Å². The van der Waals surface area contributed by atoms with Gasteiger partial charge in [0.1, 0.15) is 22.4 Å². The third-order valence-corrected chi connectivity index (χ3v) is 5.61. The molecule has 0 bridgehead atoms. The number of methoxy groups -OCH3 is 1. The summed E-state index contributed by atoms with van der Waals surface area (Å²) in [6, 6.07) is 11.4. The number of nitro benzene ring substituents is 1. The molecule has 0 aliphatic carbocycles. The molecule has 0 saturated carbocycles. The third kappa shape index (κ3) is 4.75. The predicted molar refractivity (Wildman–Crippen MR) is 116 cm³/mol. The molecule has 1 saturated heterocycles. The van der Waals surface area contributed by atoms with Crippen LogP contribution in [0.1, 0.15) is 18.1 Å². The van der Waals surface area contributed by atoms with E-state index in [1.807, 2.05) is 19.1 Å². The van der Waals surface area contributed by atoms with Crippen LogP contribution in [0.25, 0.3) is 6.08 Å². The maximum atomic E-state index is 12.4. The summed E-state index contributed by atoms with van der Waals surface area (Å²) in [6.07, 6.45) is 1.80. The lowest BCUT2D eigenvalue weighted by molar-refractivity contribution is -0.384. The van der Waals surface area contributed by atoms with Gasteiger partial charge in [0.25, 0.3) is 11.6 Å². The van der Waals surface area contributed by atoms with Gasteiger partial charge in [0.05, 0.1) is 16.9 Å². The molecule has 150 valence electrons. The molecular weight excluding hydrogens is 412 g/mol. The van der Waals surface area contributed by atoms with Crippen LogP contribution in [0.4, 0.5) is 5.69 Å². The fourth-order valence-corrected chi connectivity index (χ4v) is 4.13. The first-order valence-electron chi connectivity index (χ1n) is 8.72. The summed E-state index contributed by atoms with van der Waals surface area (Å²) >= 11 is 6.52. The van der Waals surface area contributed by atoms with Crippen LogP contribution in [-0.2, 0) is 11.4 Å². The summed E-state index contributed by atoms with van der Waals surface area (Å²) in [4.78, 5) is 24.8. The quantitative estimate of drug-likeness (QED) is 0.279. The van der Waals surface area contributed by atoms with Gasteiger partial charge in [-0.3, -0.25) is 19.8 Å². The second kappa shape index (κ2) is 9.06. The van der Waals surface area contributed by atoms with Crippen LogP contribution < -0.4 is 9.47 Å². The maximum Gasteiger partial charge on any atom is 0.269 e. The number of benzene rings is 2. The fourth-order valence-electron chi connectivity index (χ4n) is 2.75. The number of rotatable bonds is 7. The monoisotopic (exact) mass is 430 g/mol. The van der Waals surface area contributed by atoms with Gasteiger partial charge in [-0.05, 0) is 42.8 Å². The zero-order valence-electron chi connectivity index (χ0n) is 15.8. The Balaban J connectivity index is 1.79. The molecule has 1 aliphatic rings. The van der Waals surface area contributed by atoms with Gasteiger partial charge in [0.15, 0.2) is 0 Å². The Morgan fingerprint density at radius 2 is 1.97 bits per heavy atom. The Hall–Kier alpha value is -2.91. The Labute approximate surface area is 177 Å². The van der Waals surface area contributed by atoms with Gasteiger partial charge in [-0.1, -0.05) is 30.0 Å². The molecule has 7 nitrogen and oxygen atoms in total. The Kier molecular flexibility index (Phi) is 6.50. The summed E-state index contributed by atoms with van der Waals surface area (Å²) in [6.45, 7) is 2.63. The smallest absolute Gasteiger partial charge is 0.269 e. The number of likely N-dealkylation sites (N-methyl/N-ethyl adjacent to an activating group) is 1. The highest BCUT2D eigenvalue weighted by Gasteiger charge is 2.30. The first kappa shape index (κ1) is 20.8. The predicted octanol–water partition coefficient (Wildman–Crippen LogP) is 4.40. The lowest BCUT2D eigenvalue weighted by Gasteiger charge is -2.11. The van der Waals surface area contributed by atoms with Gasteiger partial charge in [0, 0.05) is 24.2 Å². The zero-order chi connectivity index (χ0) is 21.0. The average molecular weight is 431 g/mol. The molecule has 0 radical (unpaired) electrons. The second-order valence-corrected chi connectivity index (χ2v) is 7.71. The summed E-state index contributed by atoms with van der Waals surface area (Å²) in [7, 11) is 1.57. The zero-order valence-corrected chi connectivity index (χ0v) is 17.4. The van der Waals surface area contributed by atoms with Gasteiger partial charge >= 0.3 is 0 Å². The Bertz CT molecular complexity index is 989. The van der Waals surface area contributed by atoms with E-state index in [2.05, 4.69) is 0 Å². The normalized spacial score (nSPS) is 15.1. The second-order valence-electron chi connectivity index (χ2n) is 6.04. The van der Waals surface area contributed by atoms with Crippen LogP contribution in [0, 0.1) is 10.1 Å². The van der Waals surface area contributed by atoms with Crippen LogP contribution in [0.5, 0.6) is 11.5 Å². The minimum absolute atomic E-state index is 0.00122. The molecule has 0 spiro atoms. The van der Waals surface area contributed by atoms with Gasteiger partial charge in [-0.2, -0.15) is 0 Å². The van der Waals surface area contributed by atoms with Crippen molar-refractivity contribution < 1.29 is 19.2 Å². The number of thioether (sulfide) groups is 1. The van der Waals surface area contributed by atoms with E-state index in [4.69, 9.17) is 21.7 Å².